The van der Waals surface area contributed by atoms with Crippen LogP contribution in [-0.4, -0.2) is 20.9 Å². The van der Waals surface area contributed by atoms with Gasteiger partial charge in [0.25, 0.3) is 0 Å². The molecular formula is C10H12N2O3S2. The monoisotopic (exact) mass is 272 g/mol. The Morgan fingerprint density at radius 2 is 2.24 bits per heavy atom. The van der Waals surface area contributed by atoms with Crippen LogP contribution in [0.5, 0.6) is 0 Å². The number of rotatable bonds is 3. The highest BCUT2D eigenvalue weighted by atomic mass is 32.2. The van der Waals surface area contributed by atoms with Crippen LogP contribution >= 0.6 is 11.3 Å². The zero-order chi connectivity index (χ0) is 12.9. The number of carbonyl (C=O) groups is 1. The third kappa shape index (κ3) is 4.99. The number of primary sulfonamides is 1. The predicted molar refractivity (Wildman–Crippen MR) is 65.9 cm³/mol. The average molecular weight is 272 g/mol. The Labute approximate surface area is 104 Å². The van der Waals surface area contributed by atoms with Gasteiger partial charge in [0.15, 0.2) is 0 Å². The molecule has 3 N–H and O–H groups in total. The maximum atomic E-state index is 11.0. The summed E-state index contributed by atoms with van der Waals surface area (Å²) in [4.78, 5) is 11.2. The average Bonchev–Trinajstić information content (AvgIpc) is 2.64. The van der Waals surface area contributed by atoms with E-state index in [0.29, 0.717) is 17.8 Å². The molecule has 5 nitrogen and oxygen atoms in total. The van der Waals surface area contributed by atoms with E-state index in [4.69, 9.17) is 5.14 Å². The van der Waals surface area contributed by atoms with Crippen LogP contribution in [0.1, 0.15) is 18.2 Å². The highest BCUT2D eigenvalue weighted by molar-refractivity contribution is 7.91. The molecule has 92 valence electrons. The third-order valence-corrected chi connectivity index (χ3v) is 4.14. The van der Waals surface area contributed by atoms with Crippen LogP contribution < -0.4 is 10.5 Å². The summed E-state index contributed by atoms with van der Waals surface area (Å²) >= 11 is 1.03. The van der Waals surface area contributed by atoms with E-state index in [0.717, 1.165) is 11.3 Å². The lowest BCUT2D eigenvalue weighted by molar-refractivity contribution is -0.118. The van der Waals surface area contributed by atoms with Gasteiger partial charge in [-0.15, -0.1) is 11.3 Å². The Bertz CT molecular complexity index is 564. The molecule has 0 aromatic carbocycles. The van der Waals surface area contributed by atoms with Crippen LogP contribution in [0.15, 0.2) is 16.3 Å². The van der Waals surface area contributed by atoms with Crippen LogP contribution in [-0.2, 0) is 14.8 Å². The molecule has 0 atom stereocenters. The van der Waals surface area contributed by atoms with E-state index in [9.17, 15) is 13.2 Å². The van der Waals surface area contributed by atoms with Gasteiger partial charge in [0, 0.05) is 19.9 Å². The first kappa shape index (κ1) is 13.7. The number of nitrogens with two attached hydrogens (primary N) is 1. The lowest BCUT2D eigenvalue weighted by Gasteiger charge is -1.94. The highest BCUT2D eigenvalue weighted by Gasteiger charge is 2.09. The molecular weight excluding hydrogens is 260 g/mol. The zero-order valence-electron chi connectivity index (χ0n) is 9.19. The fourth-order valence-corrected chi connectivity index (χ4v) is 2.59. The van der Waals surface area contributed by atoms with E-state index in [2.05, 4.69) is 17.2 Å². The van der Waals surface area contributed by atoms with Crippen LogP contribution in [0.3, 0.4) is 0 Å². The molecule has 1 aromatic heterocycles. The van der Waals surface area contributed by atoms with E-state index in [1.54, 1.807) is 6.07 Å². The number of thiophene rings is 1. The largest absolute Gasteiger partial charge is 0.355 e. The van der Waals surface area contributed by atoms with Gasteiger partial charge in [0.2, 0.25) is 15.9 Å². The van der Waals surface area contributed by atoms with Gasteiger partial charge < -0.3 is 5.32 Å². The Morgan fingerprint density at radius 1 is 1.53 bits per heavy atom. The fraction of sp³-hybridized carbons (Fsp3) is 0.300. The first-order valence-electron chi connectivity index (χ1n) is 4.75. The fourth-order valence-electron chi connectivity index (χ4n) is 0.991. The van der Waals surface area contributed by atoms with E-state index in [1.807, 2.05) is 0 Å². The Kier molecular flexibility index (Phi) is 4.69. The number of amides is 1. The Morgan fingerprint density at radius 3 is 2.76 bits per heavy atom. The second-order valence-electron chi connectivity index (χ2n) is 3.20. The molecule has 0 radical (unpaired) electrons. The second kappa shape index (κ2) is 5.82. The zero-order valence-corrected chi connectivity index (χ0v) is 10.8. The number of hydrogen-bond acceptors (Lipinski definition) is 4. The second-order valence-corrected chi connectivity index (χ2v) is 6.07. The summed E-state index contributed by atoms with van der Waals surface area (Å²) in [6.07, 6.45) is 0.516. The van der Waals surface area contributed by atoms with Crippen molar-refractivity contribution in [3.05, 3.63) is 17.0 Å². The van der Waals surface area contributed by atoms with Crippen molar-refractivity contribution in [2.24, 2.45) is 5.14 Å². The number of nitrogens with one attached hydrogen (secondary N) is 1. The van der Waals surface area contributed by atoms with Crippen LogP contribution in [0.25, 0.3) is 0 Å². The summed E-state index contributed by atoms with van der Waals surface area (Å²) in [6.45, 7) is 1.92. The van der Waals surface area contributed by atoms with Gasteiger partial charge in [-0.05, 0) is 12.1 Å². The number of sulfonamides is 1. The third-order valence-electron chi connectivity index (χ3n) is 1.70. The van der Waals surface area contributed by atoms with E-state index in [-0.39, 0.29) is 10.1 Å². The molecule has 0 unspecified atom stereocenters. The number of hydrogen-bond donors (Lipinski definition) is 2. The topological polar surface area (TPSA) is 89.3 Å². The van der Waals surface area contributed by atoms with E-state index >= 15 is 0 Å². The van der Waals surface area contributed by atoms with Gasteiger partial charge >= 0.3 is 0 Å². The minimum atomic E-state index is -3.63. The summed E-state index contributed by atoms with van der Waals surface area (Å²) in [6, 6.07) is 3.04. The molecule has 7 heteroatoms. The van der Waals surface area contributed by atoms with Crippen molar-refractivity contribution in [2.45, 2.75) is 17.6 Å². The first-order valence-corrected chi connectivity index (χ1v) is 7.12. The van der Waals surface area contributed by atoms with Crippen molar-refractivity contribution in [1.29, 1.82) is 0 Å². The molecule has 17 heavy (non-hydrogen) atoms. The summed E-state index contributed by atoms with van der Waals surface area (Å²) in [7, 11) is -3.63. The van der Waals surface area contributed by atoms with Crippen molar-refractivity contribution in [1.82, 2.24) is 5.32 Å². The summed E-state index contributed by atoms with van der Waals surface area (Å²) in [5.41, 5.74) is 0. The highest BCUT2D eigenvalue weighted by Crippen LogP contribution is 2.18. The van der Waals surface area contributed by atoms with Gasteiger partial charge in [-0.2, -0.15) is 0 Å². The molecule has 0 fully saturated rings. The maximum Gasteiger partial charge on any atom is 0.247 e. The van der Waals surface area contributed by atoms with Crippen molar-refractivity contribution < 1.29 is 13.2 Å². The maximum absolute atomic E-state index is 11.0. The van der Waals surface area contributed by atoms with Crippen LogP contribution in [0.4, 0.5) is 0 Å². The lowest BCUT2D eigenvalue weighted by Crippen LogP contribution is -2.20. The van der Waals surface area contributed by atoms with E-state index in [1.165, 1.54) is 13.0 Å². The summed E-state index contributed by atoms with van der Waals surface area (Å²) in [5.74, 6) is 5.54. The molecule has 0 aliphatic carbocycles. The molecule has 1 aromatic rings. The van der Waals surface area contributed by atoms with Gasteiger partial charge in [0.1, 0.15) is 4.21 Å². The summed E-state index contributed by atoms with van der Waals surface area (Å²) < 4.78 is 22.1. The van der Waals surface area contributed by atoms with Gasteiger partial charge in [0.05, 0.1) is 4.88 Å². The molecule has 0 bridgehead atoms. The predicted octanol–water partition coefficient (Wildman–Crippen LogP) is 0.273. The minimum Gasteiger partial charge on any atom is -0.355 e. The molecule has 0 aliphatic rings. The summed E-state index contributed by atoms with van der Waals surface area (Å²) in [5, 5.41) is 7.57. The normalized spacial score (nSPS) is 10.5. The molecule has 0 aliphatic heterocycles. The van der Waals surface area contributed by atoms with Gasteiger partial charge in [-0.1, -0.05) is 11.8 Å². The van der Waals surface area contributed by atoms with Gasteiger partial charge in [-0.3, -0.25) is 4.79 Å². The lowest BCUT2D eigenvalue weighted by atomic mass is 10.4. The van der Waals surface area contributed by atoms with Gasteiger partial charge in [-0.25, -0.2) is 13.6 Å². The van der Waals surface area contributed by atoms with E-state index < -0.39 is 10.0 Å². The van der Waals surface area contributed by atoms with Crippen molar-refractivity contribution in [3.8, 4) is 11.8 Å². The van der Waals surface area contributed by atoms with Crippen molar-refractivity contribution >= 4 is 27.3 Å². The molecule has 1 rings (SSSR count). The van der Waals surface area contributed by atoms with Crippen LogP contribution in [0, 0.1) is 11.8 Å². The smallest absolute Gasteiger partial charge is 0.247 e. The molecule has 1 heterocycles. The quantitative estimate of drug-likeness (QED) is 0.611. The SMILES string of the molecule is CC(=O)NCCC#Cc1ccc(S(N)(=O)=O)s1. The first-order chi connectivity index (χ1) is 7.89. The number of carbonyl (C=O) groups excluding carboxylic acids is 1. The van der Waals surface area contributed by atoms with Crippen molar-refractivity contribution in [2.75, 3.05) is 6.54 Å². The van der Waals surface area contributed by atoms with Crippen molar-refractivity contribution in [3.63, 3.8) is 0 Å². The molecule has 0 saturated heterocycles. The van der Waals surface area contributed by atoms with Crippen LogP contribution in [0.2, 0.25) is 0 Å². The minimum absolute atomic E-state index is 0.0977. The molecule has 1 amide bonds. The standard InChI is InChI=1S/C10H12N2O3S2/c1-8(13)12-7-3-2-4-9-5-6-10(16-9)17(11,14)15/h5-6H,3,7H2,1H3,(H,12,13)(H2,11,14,15). The Balaban J connectivity index is 2.56. The molecule has 0 saturated carbocycles. The molecule has 0 spiro atoms. The Hall–Kier alpha value is -1.36.